The van der Waals surface area contributed by atoms with Gasteiger partial charge in [0.2, 0.25) is 0 Å². The highest BCUT2D eigenvalue weighted by atomic mass is 19.1. The minimum atomic E-state index is -0.616. The molecule has 170 valence electrons. The zero-order valence-corrected chi connectivity index (χ0v) is 18.2. The molecule has 2 unspecified atom stereocenters. The average molecular weight is 447 g/mol. The number of nitrogens with one attached hydrogen (secondary N) is 1. The Morgan fingerprint density at radius 3 is 2.58 bits per heavy atom. The lowest BCUT2D eigenvalue weighted by atomic mass is 9.85. The Morgan fingerprint density at radius 2 is 1.85 bits per heavy atom. The highest BCUT2D eigenvalue weighted by Gasteiger charge is 2.39. The van der Waals surface area contributed by atoms with Gasteiger partial charge in [0.05, 0.1) is 23.6 Å². The maximum atomic E-state index is 14.9. The number of carbonyl (C=O) groups is 1. The van der Waals surface area contributed by atoms with E-state index in [1.807, 2.05) is 30.3 Å². The first kappa shape index (κ1) is 21.5. The molecule has 1 heterocycles. The summed E-state index contributed by atoms with van der Waals surface area (Å²) in [5, 5.41) is 12.7. The van der Waals surface area contributed by atoms with Gasteiger partial charge in [0, 0.05) is 23.4 Å². The quantitative estimate of drug-likeness (QED) is 0.546. The molecule has 2 fully saturated rings. The Hall–Kier alpha value is -3.32. The Labute approximate surface area is 192 Å². The third-order valence-electron chi connectivity index (χ3n) is 6.76. The number of nitrogens with zero attached hydrogens (tertiary/aromatic N) is 2. The van der Waals surface area contributed by atoms with Gasteiger partial charge >= 0.3 is 0 Å². The molecule has 0 radical (unpaired) electrons. The molecule has 2 atom stereocenters. The number of rotatable bonds is 5. The molecule has 2 aliphatic rings. The molecule has 2 aromatic carbocycles. The smallest absolute Gasteiger partial charge is 0.254 e. The Kier molecular flexibility index (Phi) is 5.81. The van der Waals surface area contributed by atoms with Crippen molar-refractivity contribution in [3.8, 4) is 11.3 Å². The van der Waals surface area contributed by atoms with Crippen molar-refractivity contribution in [2.75, 3.05) is 5.73 Å². The van der Waals surface area contributed by atoms with E-state index in [2.05, 4.69) is 15.3 Å². The van der Waals surface area contributed by atoms with Crippen molar-refractivity contribution in [2.24, 2.45) is 0 Å². The van der Waals surface area contributed by atoms with Crippen molar-refractivity contribution in [1.82, 2.24) is 15.3 Å². The largest absolute Gasteiger partial charge is 0.393 e. The minimum Gasteiger partial charge on any atom is -0.393 e. The van der Waals surface area contributed by atoms with Gasteiger partial charge in [-0.2, -0.15) is 0 Å². The van der Waals surface area contributed by atoms with Gasteiger partial charge in [-0.05, 0) is 49.8 Å². The molecule has 33 heavy (non-hydrogen) atoms. The molecule has 1 aromatic heterocycles. The van der Waals surface area contributed by atoms with Gasteiger partial charge in [0.1, 0.15) is 17.3 Å². The zero-order chi connectivity index (χ0) is 22.9. The van der Waals surface area contributed by atoms with E-state index >= 15 is 0 Å². The third-order valence-corrected chi connectivity index (χ3v) is 6.76. The molecule has 2 saturated carbocycles. The summed E-state index contributed by atoms with van der Waals surface area (Å²) in [6.45, 7) is 0. The van der Waals surface area contributed by atoms with Crippen LogP contribution in [0.5, 0.6) is 0 Å². The number of nitrogens with two attached hydrogens (primary N) is 1. The standard InChI is InChI=1S/C26H27FN4O2/c27-21-12-17(24-25(28)29-14-23(30-24)16-6-9-18(32)10-7-16)8-11-19(21)26(33)31-22-13-20(22)15-4-2-1-3-5-15/h1-5,8,11-12,14,16,18,20,22,32H,6-7,9-10,13H2,(H2,28,29)(H,31,33). The molecule has 3 aromatic rings. The fraction of sp³-hybridized carbons (Fsp3) is 0.346. The number of nitrogen functional groups attached to an aromatic ring is 1. The van der Waals surface area contributed by atoms with Crippen LogP contribution in [-0.4, -0.2) is 33.1 Å². The number of aliphatic hydroxyl groups is 1. The van der Waals surface area contributed by atoms with E-state index in [-0.39, 0.29) is 35.4 Å². The van der Waals surface area contributed by atoms with Gasteiger partial charge < -0.3 is 16.2 Å². The van der Waals surface area contributed by atoms with E-state index in [0.717, 1.165) is 37.8 Å². The lowest BCUT2D eigenvalue weighted by molar-refractivity contribution is 0.0946. The van der Waals surface area contributed by atoms with Crippen LogP contribution >= 0.6 is 0 Å². The highest BCUT2D eigenvalue weighted by molar-refractivity contribution is 5.95. The molecule has 5 rings (SSSR count). The molecular weight excluding hydrogens is 419 g/mol. The summed E-state index contributed by atoms with van der Waals surface area (Å²) >= 11 is 0. The van der Waals surface area contributed by atoms with E-state index in [1.165, 1.54) is 17.7 Å². The predicted octanol–water partition coefficient (Wildman–Crippen LogP) is 4.17. The van der Waals surface area contributed by atoms with Crippen LogP contribution in [0.3, 0.4) is 0 Å². The number of aromatic nitrogens is 2. The number of hydrogen-bond donors (Lipinski definition) is 3. The average Bonchev–Trinajstić information content (AvgIpc) is 3.59. The summed E-state index contributed by atoms with van der Waals surface area (Å²) in [4.78, 5) is 21.6. The molecule has 4 N–H and O–H groups in total. The lowest BCUT2D eigenvalue weighted by Gasteiger charge is -2.25. The molecule has 0 bridgehead atoms. The fourth-order valence-corrected chi connectivity index (χ4v) is 4.71. The molecule has 0 aliphatic heterocycles. The van der Waals surface area contributed by atoms with Gasteiger partial charge in [0.25, 0.3) is 5.91 Å². The van der Waals surface area contributed by atoms with Gasteiger partial charge in [-0.15, -0.1) is 0 Å². The second-order valence-electron chi connectivity index (χ2n) is 9.06. The van der Waals surface area contributed by atoms with Crippen LogP contribution in [0.4, 0.5) is 10.2 Å². The molecule has 6 nitrogen and oxygen atoms in total. The molecule has 0 spiro atoms. The zero-order valence-electron chi connectivity index (χ0n) is 18.2. The predicted molar refractivity (Wildman–Crippen MR) is 124 cm³/mol. The van der Waals surface area contributed by atoms with Crippen molar-refractivity contribution >= 4 is 11.7 Å². The normalized spacial score (nSPS) is 24.3. The number of hydrogen-bond acceptors (Lipinski definition) is 5. The first-order valence-electron chi connectivity index (χ1n) is 11.5. The molecule has 2 aliphatic carbocycles. The van der Waals surface area contributed by atoms with Crippen LogP contribution in [0.15, 0.2) is 54.7 Å². The molecule has 7 heteroatoms. The number of anilines is 1. The van der Waals surface area contributed by atoms with E-state index in [1.54, 1.807) is 12.3 Å². The highest BCUT2D eigenvalue weighted by Crippen LogP contribution is 2.41. The van der Waals surface area contributed by atoms with E-state index in [9.17, 15) is 14.3 Å². The maximum absolute atomic E-state index is 14.9. The Bertz CT molecular complexity index is 1160. The SMILES string of the molecule is Nc1ncc(C2CCC(O)CC2)nc1-c1ccc(C(=O)NC2CC2c2ccccc2)c(F)c1. The van der Waals surface area contributed by atoms with Crippen LogP contribution in [-0.2, 0) is 0 Å². The summed E-state index contributed by atoms with van der Waals surface area (Å²) in [5.74, 6) is -0.345. The van der Waals surface area contributed by atoms with E-state index < -0.39 is 11.7 Å². The van der Waals surface area contributed by atoms with Crippen LogP contribution in [0.25, 0.3) is 11.3 Å². The molecule has 1 amide bonds. The van der Waals surface area contributed by atoms with Crippen molar-refractivity contribution in [3.05, 3.63) is 77.4 Å². The second kappa shape index (κ2) is 8.90. The number of benzene rings is 2. The minimum absolute atomic E-state index is 0.00131. The van der Waals surface area contributed by atoms with Gasteiger partial charge in [-0.25, -0.2) is 14.4 Å². The maximum Gasteiger partial charge on any atom is 0.254 e. The number of aliphatic hydroxyl groups excluding tert-OH is 1. The third kappa shape index (κ3) is 4.59. The summed E-state index contributed by atoms with van der Waals surface area (Å²) in [6, 6.07) is 14.5. The van der Waals surface area contributed by atoms with Crippen LogP contribution in [0, 0.1) is 5.82 Å². The summed E-state index contributed by atoms with van der Waals surface area (Å²) in [6.07, 6.45) is 5.39. The molecule has 0 saturated heterocycles. The van der Waals surface area contributed by atoms with Gasteiger partial charge in [0.15, 0.2) is 0 Å². The number of amides is 1. The fourth-order valence-electron chi connectivity index (χ4n) is 4.71. The summed E-state index contributed by atoms with van der Waals surface area (Å²) in [5.41, 5.74) is 8.93. The van der Waals surface area contributed by atoms with Crippen molar-refractivity contribution in [1.29, 1.82) is 0 Å². The van der Waals surface area contributed by atoms with Crippen molar-refractivity contribution in [3.63, 3.8) is 0 Å². The van der Waals surface area contributed by atoms with Crippen LogP contribution in [0.2, 0.25) is 0 Å². The number of carbonyl (C=O) groups excluding carboxylic acids is 1. The van der Waals surface area contributed by atoms with E-state index in [4.69, 9.17) is 5.73 Å². The molecular formula is C26H27FN4O2. The Balaban J connectivity index is 1.31. The summed E-state index contributed by atoms with van der Waals surface area (Å²) < 4.78 is 14.9. The van der Waals surface area contributed by atoms with E-state index in [0.29, 0.717) is 11.3 Å². The second-order valence-corrected chi connectivity index (χ2v) is 9.06. The van der Waals surface area contributed by atoms with Crippen LogP contribution in [0.1, 0.15) is 65.6 Å². The number of halogens is 1. The van der Waals surface area contributed by atoms with Crippen molar-refractivity contribution < 1.29 is 14.3 Å². The summed E-state index contributed by atoms with van der Waals surface area (Å²) in [7, 11) is 0. The topological polar surface area (TPSA) is 101 Å². The van der Waals surface area contributed by atoms with Crippen LogP contribution < -0.4 is 11.1 Å². The first-order chi connectivity index (χ1) is 16.0. The first-order valence-corrected chi connectivity index (χ1v) is 11.5. The monoisotopic (exact) mass is 446 g/mol. The van der Waals surface area contributed by atoms with Gasteiger partial charge in [-0.3, -0.25) is 4.79 Å². The Morgan fingerprint density at radius 1 is 1.09 bits per heavy atom. The lowest BCUT2D eigenvalue weighted by Crippen LogP contribution is -2.27. The van der Waals surface area contributed by atoms with Gasteiger partial charge in [-0.1, -0.05) is 36.4 Å². The van der Waals surface area contributed by atoms with Crippen molar-refractivity contribution in [2.45, 2.75) is 56.1 Å².